The van der Waals surface area contributed by atoms with E-state index in [1.807, 2.05) is 41.7 Å². The summed E-state index contributed by atoms with van der Waals surface area (Å²) in [5, 5.41) is 1.21. The van der Waals surface area contributed by atoms with Crippen LogP contribution in [0, 0.1) is 6.92 Å². The molecule has 2 aromatic heterocycles. The second kappa shape index (κ2) is 5.63. The summed E-state index contributed by atoms with van der Waals surface area (Å²) in [7, 11) is 3.36. The summed E-state index contributed by atoms with van der Waals surface area (Å²) in [6.07, 6.45) is 0. The second-order valence-corrected chi connectivity index (χ2v) is 6.31. The number of ether oxygens (including phenoxy) is 1. The lowest BCUT2D eigenvalue weighted by Crippen LogP contribution is -2.20. The number of hydrogen-bond acceptors (Lipinski definition) is 3. The van der Waals surface area contributed by atoms with Crippen molar-refractivity contribution in [3.8, 4) is 17.1 Å². The van der Waals surface area contributed by atoms with Gasteiger partial charge in [0.2, 0.25) is 0 Å². The molecule has 0 saturated heterocycles. The van der Waals surface area contributed by atoms with Gasteiger partial charge < -0.3 is 4.74 Å². The van der Waals surface area contributed by atoms with E-state index in [4.69, 9.17) is 21.3 Å². The van der Waals surface area contributed by atoms with Crippen molar-refractivity contribution in [1.82, 2.24) is 14.0 Å². The third kappa shape index (κ3) is 2.23. The maximum atomic E-state index is 12.8. The first-order chi connectivity index (χ1) is 12.0. The van der Waals surface area contributed by atoms with Gasteiger partial charge in [-0.25, -0.2) is 4.98 Å². The lowest BCUT2D eigenvalue weighted by Gasteiger charge is -2.11. The summed E-state index contributed by atoms with van der Waals surface area (Å²) in [5.74, 6) is 1.38. The van der Waals surface area contributed by atoms with Crippen molar-refractivity contribution >= 4 is 28.2 Å². The van der Waals surface area contributed by atoms with Gasteiger partial charge in [-0.05, 0) is 31.2 Å². The maximum Gasteiger partial charge on any atom is 0.261 e. The normalized spacial score (nSPS) is 11.4. The summed E-state index contributed by atoms with van der Waals surface area (Å²) in [6, 6.07) is 13.0. The average Bonchev–Trinajstić information content (AvgIpc) is 2.97. The smallest absolute Gasteiger partial charge is 0.261 e. The number of methoxy groups -OCH3 is 1. The zero-order valence-corrected chi connectivity index (χ0v) is 14.8. The fraction of sp³-hybridized carbons (Fsp3) is 0.158. The minimum Gasteiger partial charge on any atom is -0.497 e. The molecule has 6 heteroatoms. The molecule has 2 aromatic carbocycles. The molecule has 0 saturated carbocycles. The van der Waals surface area contributed by atoms with Gasteiger partial charge in [-0.2, -0.15) is 0 Å². The highest BCUT2D eigenvalue weighted by Gasteiger charge is 2.19. The molecule has 0 spiro atoms. The molecule has 0 unspecified atom stereocenters. The Bertz CT molecular complexity index is 1190. The SMILES string of the molecule is COc1ccc2c(=O)n(C)c3c(C)nc(-c4ccccc4Cl)n3c2c1. The van der Waals surface area contributed by atoms with Gasteiger partial charge in [0, 0.05) is 18.7 Å². The molecule has 0 aliphatic carbocycles. The Morgan fingerprint density at radius 1 is 1.16 bits per heavy atom. The molecular formula is C19H16ClN3O2. The van der Waals surface area contributed by atoms with Gasteiger partial charge in [-0.1, -0.05) is 23.7 Å². The van der Waals surface area contributed by atoms with E-state index in [1.54, 1.807) is 30.9 Å². The van der Waals surface area contributed by atoms with E-state index in [-0.39, 0.29) is 5.56 Å². The Kier molecular flexibility index (Phi) is 3.54. The predicted octanol–water partition coefficient (Wildman–Crippen LogP) is 3.82. The molecule has 0 N–H and O–H groups in total. The van der Waals surface area contributed by atoms with Crippen LogP contribution in [-0.2, 0) is 7.05 Å². The highest BCUT2D eigenvalue weighted by molar-refractivity contribution is 6.33. The molecule has 0 radical (unpaired) electrons. The number of aromatic nitrogens is 3. The molecule has 25 heavy (non-hydrogen) atoms. The van der Waals surface area contributed by atoms with E-state index in [0.717, 1.165) is 22.4 Å². The van der Waals surface area contributed by atoms with Crippen molar-refractivity contribution in [1.29, 1.82) is 0 Å². The van der Waals surface area contributed by atoms with Crippen LogP contribution < -0.4 is 10.3 Å². The molecule has 0 aliphatic heterocycles. The van der Waals surface area contributed by atoms with E-state index < -0.39 is 0 Å². The molecule has 0 fully saturated rings. The highest BCUT2D eigenvalue weighted by Crippen LogP contribution is 2.31. The van der Waals surface area contributed by atoms with Crippen LogP contribution >= 0.6 is 11.6 Å². The number of halogens is 1. The molecule has 0 atom stereocenters. The van der Waals surface area contributed by atoms with Crippen LogP contribution in [0.5, 0.6) is 5.75 Å². The molecule has 0 amide bonds. The number of rotatable bonds is 2. The number of hydrogen-bond donors (Lipinski definition) is 0. The van der Waals surface area contributed by atoms with Gasteiger partial charge >= 0.3 is 0 Å². The van der Waals surface area contributed by atoms with Crippen LogP contribution in [0.15, 0.2) is 47.3 Å². The molecule has 5 nitrogen and oxygen atoms in total. The fourth-order valence-corrected chi connectivity index (χ4v) is 3.47. The van der Waals surface area contributed by atoms with Crippen molar-refractivity contribution in [2.75, 3.05) is 7.11 Å². The van der Waals surface area contributed by atoms with Crippen molar-refractivity contribution < 1.29 is 4.74 Å². The van der Waals surface area contributed by atoms with Crippen molar-refractivity contribution in [3.05, 3.63) is 63.5 Å². The van der Waals surface area contributed by atoms with E-state index in [1.165, 1.54) is 0 Å². The summed E-state index contributed by atoms with van der Waals surface area (Å²) in [6.45, 7) is 1.89. The molecule has 0 aliphatic rings. The number of imidazole rings is 1. The quantitative estimate of drug-likeness (QED) is 0.550. The minimum absolute atomic E-state index is 0.0705. The highest BCUT2D eigenvalue weighted by atomic mass is 35.5. The van der Waals surface area contributed by atoms with Gasteiger partial charge in [-0.3, -0.25) is 13.8 Å². The topological polar surface area (TPSA) is 48.5 Å². The number of benzene rings is 2. The third-order valence-electron chi connectivity index (χ3n) is 4.43. The monoisotopic (exact) mass is 353 g/mol. The molecule has 2 heterocycles. The lowest BCUT2D eigenvalue weighted by atomic mass is 10.2. The van der Waals surface area contributed by atoms with Crippen LogP contribution in [0.3, 0.4) is 0 Å². The van der Waals surface area contributed by atoms with Crippen LogP contribution in [0.4, 0.5) is 0 Å². The summed E-state index contributed by atoms with van der Waals surface area (Å²) in [5.41, 5.74) is 2.99. The zero-order chi connectivity index (χ0) is 17.7. The van der Waals surface area contributed by atoms with Gasteiger partial charge in [0.15, 0.2) is 0 Å². The van der Waals surface area contributed by atoms with Crippen LogP contribution in [0.2, 0.25) is 5.02 Å². The first-order valence-electron chi connectivity index (χ1n) is 7.83. The molecule has 4 rings (SSSR count). The Balaban J connectivity index is 2.27. The van der Waals surface area contributed by atoms with Crippen LogP contribution in [0.1, 0.15) is 5.69 Å². The van der Waals surface area contributed by atoms with Crippen molar-refractivity contribution in [2.45, 2.75) is 6.92 Å². The van der Waals surface area contributed by atoms with Crippen LogP contribution in [-0.4, -0.2) is 21.1 Å². The molecule has 4 aromatic rings. The number of nitrogens with zero attached hydrogens (tertiary/aromatic N) is 3. The molecule has 0 bridgehead atoms. The molecule has 126 valence electrons. The Labute approximate surface area is 149 Å². The van der Waals surface area contributed by atoms with Gasteiger partial charge in [0.05, 0.1) is 28.7 Å². The van der Waals surface area contributed by atoms with Gasteiger partial charge in [0.25, 0.3) is 5.56 Å². The van der Waals surface area contributed by atoms with E-state index in [9.17, 15) is 4.79 Å². The fourth-order valence-electron chi connectivity index (χ4n) is 3.25. The number of fused-ring (bicyclic) bond motifs is 3. The summed E-state index contributed by atoms with van der Waals surface area (Å²) >= 11 is 6.40. The lowest BCUT2D eigenvalue weighted by molar-refractivity contribution is 0.415. The predicted molar refractivity (Wildman–Crippen MR) is 99.7 cm³/mol. The summed E-state index contributed by atoms with van der Waals surface area (Å²) < 4.78 is 8.94. The first kappa shape index (κ1) is 15.7. The Morgan fingerprint density at radius 3 is 2.64 bits per heavy atom. The van der Waals surface area contributed by atoms with Crippen LogP contribution in [0.25, 0.3) is 27.9 Å². The first-order valence-corrected chi connectivity index (χ1v) is 8.21. The zero-order valence-electron chi connectivity index (χ0n) is 14.1. The van der Waals surface area contributed by atoms with E-state index in [0.29, 0.717) is 22.0 Å². The molecular weight excluding hydrogens is 338 g/mol. The Morgan fingerprint density at radius 2 is 1.92 bits per heavy atom. The Hall–Kier alpha value is -2.79. The van der Waals surface area contributed by atoms with E-state index >= 15 is 0 Å². The minimum atomic E-state index is -0.0705. The second-order valence-electron chi connectivity index (χ2n) is 5.91. The van der Waals surface area contributed by atoms with E-state index in [2.05, 4.69) is 0 Å². The van der Waals surface area contributed by atoms with Gasteiger partial charge in [-0.15, -0.1) is 0 Å². The van der Waals surface area contributed by atoms with Crippen molar-refractivity contribution in [2.24, 2.45) is 7.05 Å². The standard InChI is InChI=1S/C19H16ClN3O2/c1-11-18-22(2)19(24)14-9-8-12(25-3)10-16(14)23(18)17(21-11)13-6-4-5-7-15(13)20/h4-10H,1-3H3. The van der Waals surface area contributed by atoms with Gasteiger partial charge in [0.1, 0.15) is 17.2 Å². The van der Waals surface area contributed by atoms with Crippen molar-refractivity contribution in [3.63, 3.8) is 0 Å². The summed E-state index contributed by atoms with van der Waals surface area (Å²) in [4.78, 5) is 17.5. The average molecular weight is 354 g/mol. The largest absolute Gasteiger partial charge is 0.497 e. The maximum absolute atomic E-state index is 12.8. The number of aryl methyl sites for hydroxylation is 2. The third-order valence-corrected chi connectivity index (χ3v) is 4.76.